The molecule has 9 nitrogen and oxygen atoms in total. The molecule has 0 amide bonds. The van der Waals surface area contributed by atoms with Crippen molar-refractivity contribution in [3.05, 3.63) is 33.8 Å². The second kappa shape index (κ2) is 4.65. The van der Waals surface area contributed by atoms with Gasteiger partial charge >= 0.3 is 5.69 Å². The molecular weight excluding hydrogens is 270 g/mol. The molecule has 0 aromatic carbocycles. The van der Waals surface area contributed by atoms with Gasteiger partial charge in [-0.2, -0.15) is 13.7 Å². The van der Waals surface area contributed by atoms with Crippen LogP contribution >= 0.6 is 11.5 Å². The summed E-state index contributed by atoms with van der Waals surface area (Å²) in [7, 11) is 1.52. The molecule has 0 fully saturated rings. The van der Waals surface area contributed by atoms with E-state index in [4.69, 9.17) is 6.15 Å². The minimum absolute atomic E-state index is 0.181. The first-order valence-electron chi connectivity index (χ1n) is 5.70. The maximum absolute atomic E-state index is 11.8. The number of tetrazole rings is 1. The molecular formula is C9H9N7O2S. The number of ether oxygens (including phenoxy) is 1. The van der Waals surface area contributed by atoms with Gasteiger partial charge in [-0.15, -0.1) is 5.10 Å². The van der Waals surface area contributed by atoms with Gasteiger partial charge in [0.15, 0.2) is 1.41 Å². The van der Waals surface area contributed by atoms with Gasteiger partial charge in [-0.3, -0.25) is 5.09 Å². The summed E-state index contributed by atoms with van der Waals surface area (Å²) < 4.78 is 19.0. The molecule has 0 saturated heterocycles. The molecule has 98 valence electrons. The number of H-pyrrole nitrogens is 1. The number of hydrogen-bond acceptors (Lipinski definition) is 7. The van der Waals surface area contributed by atoms with Crippen molar-refractivity contribution in [2.24, 2.45) is 7.05 Å². The maximum Gasteiger partial charge on any atom is 0.368 e. The lowest BCUT2D eigenvalue weighted by Gasteiger charge is -2.01. The van der Waals surface area contributed by atoms with Gasteiger partial charge < -0.3 is 4.74 Å². The van der Waals surface area contributed by atoms with E-state index in [9.17, 15) is 4.79 Å². The zero-order valence-corrected chi connectivity index (χ0v) is 10.6. The Morgan fingerprint density at radius 2 is 2.47 bits per heavy atom. The van der Waals surface area contributed by atoms with Gasteiger partial charge in [0, 0.05) is 19.3 Å². The quantitative estimate of drug-likeness (QED) is 0.705. The highest BCUT2D eigenvalue weighted by atomic mass is 32.1. The first-order chi connectivity index (χ1) is 9.65. The minimum atomic E-state index is -0.359. The van der Waals surface area contributed by atoms with Crippen molar-refractivity contribution in [3.63, 3.8) is 0 Å². The highest BCUT2D eigenvalue weighted by Gasteiger charge is 2.14. The van der Waals surface area contributed by atoms with Crippen LogP contribution in [0.2, 0.25) is 1.41 Å². The van der Waals surface area contributed by atoms with Crippen LogP contribution in [0.5, 0.6) is 5.88 Å². The molecule has 0 aliphatic heterocycles. The Kier molecular flexibility index (Phi) is 2.55. The third kappa shape index (κ3) is 2.12. The first kappa shape index (κ1) is 10.4. The maximum atomic E-state index is 11.8. The van der Waals surface area contributed by atoms with E-state index in [0.717, 1.165) is 14.5 Å². The third-order valence-electron chi connectivity index (χ3n) is 2.36. The summed E-state index contributed by atoms with van der Waals surface area (Å²) in [6, 6.07) is 1.57. The Hall–Kier alpha value is -2.49. The van der Waals surface area contributed by atoms with Gasteiger partial charge in [0.05, 0.1) is 11.1 Å². The van der Waals surface area contributed by atoms with Gasteiger partial charge in [-0.1, -0.05) is 0 Å². The van der Waals surface area contributed by atoms with E-state index in [0.29, 0.717) is 16.4 Å². The van der Waals surface area contributed by atoms with Crippen molar-refractivity contribution in [2.75, 3.05) is 0 Å². The molecule has 3 aromatic heterocycles. The lowest BCUT2D eigenvalue weighted by atomic mass is 10.4. The molecule has 0 saturated carbocycles. The zero-order valence-electron chi connectivity index (χ0n) is 10.8. The third-order valence-corrected chi connectivity index (χ3v) is 3.12. The molecule has 3 aromatic rings. The van der Waals surface area contributed by atoms with Crippen LogP contribution in [0.4, 0.5) is 0 Å². The highest BCUT2D eigenvalue weighted by Crippen LogP contribution is 2.18. The molecule has 10 heteroatoms. The van der Waals surface area contributed by atoms with Crippen molar-refractivity contribution in [2.45, 2.75) is 6.61 Å². The largest absolute Gasteiger partial charge is 0.471 e. The lowest BCUT2D eigenvalue weighted by Crippen LogP contribution is -2.22. The van der Waals surface area contributed by atoms with E-state index in [1.54, 1.807) is 6.07 Å². The van der Waals surface area contributed by atoms with Crippen LogP contribution in [-0.2, 0) is 13.7 Å². The summed E-state index contributed by atoms with van der Waals surface area (Å²) in [6.45, 7) is 0.181. The Bertz CT molecular complexity index is 788. The van der Waals surface area contributed by atoms with E-state index in [-0.39, 0.29) is 12.3 Å². The van der Waals surface area contributed by atoms with Crippen LogP contribution in [0.15, 0.2) is 23.3 Å². The van der Waals surface area contributed by atoms with Gasteiger partial charge in [-0.05, 0) is 22.0 Å². The van der Waals surface area contributed by atoms with Crippen molar-refractivity contribution in [1.82, 2.24) is 34.4 Å². The molecule has 0 spiro atoms. The molecule has 0 atom stereocenters. The molecule has 3 rings (SSSR count). The summed E-state index contributed by atoms with van der Waals surface area (Å²) in [5, 5.41) is 12.1. The summed E-state index contributed by atoms with van der Waals surface area (Å²) >= 11 is 1.20. The van der Waals surface area contributed by atoms with Crippen LogP contribution in [0.3, 0.4) is 0 Å². The van der Waals surface area contributed by atoms with E-state index in [1.807, 2.05) is 0 Å². The zero-order chi connectivity index (χ0) is 14.1. The Labute approximate surface area is 112 Å². The smallest absolute Gasteiger partial charge is 0.368 e. The van der Waals surface area contributed by atoms with Crippen LogP contribution < -0.4 is 10.4 Å². The molecule has 0 unspecified atom stereocenters. The highest BCUT2D eigenvalue weighted by molar-refractivity contribution is 7.06. The van der Waals surface area contributed by atoms with E-state index < -0.39 is 0 Å². The van der Waals surface area contributed by atoms with Crippen LogP contribution in [0.1, 0.15) is 4.88 Å². The number of aryl methyl sites for hydroxylation is 1. The molecule has 0 bridgehead atoms. The summed E-state index contributed by atoms with van der Waals surface area (Å²) in [4.78, 5) is 12.5. The van der Waals surface area contributed by atoms with Crippen molar-refractivity contribution in [1.29, 1.82) is 0 Å². The summed E-state index contributed by atoms with van der Waals surface area (Å²) in [5.41, 5.74) is 0.167. The van der Waals surface area contributed by atoms with E-state index >= 15 is 0 Å². The number of nitrogens with zero attached hydrogens (tertiary/aromatic N) is 6. The van der Waals surface area contributed by atoms with E-state index in [2.05, 4.69) is 19.9 Å². The SMILES string of the molecule is [3H]n1ccc(OCc2sncc2-n2nnn(C)c2=O)n1. The molecule has 3 heterocycles. The summed E-state index contributed by atoms with van der Waals surface area (Å²) in [5.74, 6) is 0.325. The topological polar surface area (TPSA) is 104 Å². The van der Waals surface area contributed by atoms with Gasteiger partial charge in [0.2, 0.25) is 5.88 Å². The molecule has 0 aliphatic rings. The average molecular weight is 281 g/mol. The normalized spacial score (nSPS) is 11.5. The van der Waals surface area contributed by atoms with Crippen LogP contribution in [0.25, 0.3) is 5.69 Å². The minimum Gasteiger partial charge on any atom is -0.471 e. The number of rotatable bonds is 4. The monoisotopic (exact) mass is 281 g/mol. The molecule has 19 heavy (non-hydrogen) atoms. The standard InChI is InChI=1S/C9H9N7O2S/c1-15-9(17)16(14-13-15)6-4-11-19-7(6)5-18-8-2-3-10-12-8/h2-4H,5H2,1H3,(H,10,12)/i/hT. The number of nitrogens with one attached hydrogen (secondary N) is 1. The van der Waals surface area contributed by atoms with Crippen LogP contribution in [0, 0.1) is 0 Å². The second-order valence-electron chi connectivity index (χ2n) is 3.59. The first-order valence-corrected chi connectivity index (χ1v) is 6.03. The van der Waals surface area contributed by atoms with Crippen molar-refractivity contribution < 1.29 is 6.15 Å². The predicted octanol–water partition coefficient (Wildman–Crippen LogP) is -0.275. The lowest BCUT2D eigenvalue weighted by molar-refractivity contribution is 0.296. The van der Waals surface area contributed by atoms with Crippen molar-refractivity contribution >= 4 is 11.5 Å². The number of hydrogen-bond donors (Lipinski definition) is 1. The van der Waals surface area contributed by atoms with E-state index in [1.165, 1.54) is 31.0 Å². The fourth-order valence-corrected chi connectivity index (χ4v) is 2.06. The Balaban J connectivity index is 1.83. The number of aromatic amines is 1. The van der Waals surface area contributed by atoms with Gasteiger partial charge in [0.1, 0.15) is 12.3 Å². The summed E-state index contributed by atoms with van der Waals surface area (Å²) in [6.07, 6.45) is 2.98. The predicted molar refractivity (Wildman–Crippen MR) is 65.2 cm³/mol. The fourth-order valence-electron chi connectivity index (χ4n) is 1.43. The molecule has 0 radical (unpaired) electrons. The second-order valence-corrected chi connectivity index (χ2v) is 4.48. The fraction of sp³-hybridized carbons (Fsp3) is 0.222. The number of aromatic nitrogens is 7. The van der Waals surface area contributed by atoms with Gasteiger partial charge in [-0.25, -0.2) is 4.79 Å². The Morgan fingerprint density at radius 1 is 1.58 bits per heavy atom. The van der Waals surface area contributed by atoms with Crippen molar-refractivity contribution in [3.8, 4) is 11.6 Å². The average Bonchev–Trinajstić information content (AvgIpc) is 3.11. The molecule has 0 aliphatic carbocycles. The Morgan fingerprint density at radius 3 is 3.16 bits per heavy atom. The molecule has 1 N–H and O–H groups in total. The van der Waals surface area contributed by atoms with Gasteiger partial charge in [0.25, 0.3) is 0 Å². The van der Waals surface area contributed by atoms with Crippen LogP contribution in [-0.4, -0.2) is 34.4 Å².